The van der Waals surface area contributed by atoms with Gasteiger partial charge in [-0.2, -0.15) is 0 Å². The summed E-state index contributed by atoms with van der Waals surface area (Å²) < 4.78 is 12.4. The van der Waals surface area contributed by atoms with E-state index in [4.69, 9.17) is 9.47 Å². The lowest BCUT2D eigenvalue weighted by Crippen LogP contribution is -2.27. The Morgan fingerprint density at radius 3 is 2.78 bits per heavy atom. The number of H-pyrrole nitrogens is 1. The molecule has 7 nitrogen and oxygen atoms in total. The number of aromatic amines is 1. The van der Waals surface area contributed by atoms with E-state index in [2.05, 4.69) is 10.4 Å². The molecule has 2 aliphatic rings. The van der Waals surface area contributed by atoms with E-state index in [1.165, 1.54) is 0 Å². The van der Waals surface area contributed by atoms with Gasteiger partial charge in [0.15, 0.2) is 11.5 Å². The predicted molar refractivity (Wildman–Crippen MR) is 83.1 cm³/mol. The van der Waals surface area contributed by atoms with Crippen LogP contribution in [0.1, 0.15) is 43.4 Å². The first kappa shape index (κ1) is 13.9. The summed E-state index contributed by atoms with van der Waals surface area (Å²) in [6.07, 6.45) is 0.234. The number of rotatable bonds is 2. The van der Waals surface area contributed by atoms with Crippen molar-refractivity contribution < 1.29 is 14.3 Å². The number of benzene rings is 1. The van der Waals surface area contributed by atoms with Crippen molar-refractivity contribution in [3.05, 3.63) is 39.7 Å². The van der Waals surface area contributed by atoms with E-state index >= 15 is 0 Å². The third-order valence-electron chi connectivity index (χ3n) is 4.27. The fourth-order valence-electron chi connectivity index (χ4n) is 3.19. The minimum Gasteiger partial charge on any atom is -0.454 e. The van der Waals surface area contributed by atoms with Crippen LogP contribution in [-0.4, -0.2) is 22.5 Å². The molecule has 0 saturated carbocycles. The summed E-state index contributed by atoms with van der Waals surface area (Å²) in [6, 6.07) is 5.59. The third kappa shape index (κ3) is 2.11. The van der Waals surface area contributed by atoms with Crippen LogP contribution < -0.4 is 20.3 Å². The molecule has 0 unspecified atom stereocenters. The number of nitrogens with zero attached hydrogens (tertiary/aromatic N) is 1. The molecule has 120 valence electrons. The Kier molecular flexibility index (Phi) is 2.97. The zero-order valence-corrected chi connectivity index (χ0v) is 12.9. The van der Waals surface area contributed by atoms with Gasteiger partial charge in [-0.15, -0.1) is 0 Å². The van der Waals surface area contributed by atoms with Crippen LogP contribution >= 0.6 is 0 Å². The SMILES string of the molecule is CC(C)n1[nH]c(=O)c2c1NC(=O)C[C@H]2c1ccc2c(c1)OCO2. The molecule has 1 aromatic heterocycles. The van der Waals surface area contributed by atoms with Gasteiger partial charge in [0.1, 0.15) is 5.82 Å². The maximum Gasteiger partial charge on any atom is 0.270 e. The molecule has 0 bridgehead atoms. The first-order valence-corrected chi connectivity index (χ1v) is 7.58. The molecule has 2 aliphatic heterocycles. The third-order valence-corrected chi connectivity index (χ3v) is 4.27. The summed E-state index contributed by atoms with van der Waals surface area (Å²) in [6.45, 7) is 4.10. The molecule has 2 N–H and O–H groups in total. The Bertz CT molecular complexity index is 849. The quantitative estimate of drug-likeness (QED) is 0.887. The van der Waals surface area contributed by atoms with Crippen molar-refractivity contribution in [2.24, 2.45) is 0 Å². The molecule has 3 heterocycles. The zero-order chi connectivity index (χ0) is 16.1. The fourth-order valence-corrected chi connectivity index (χ4v) is 3.19. The van der Waals surface area contributed by atoms with Crippen molar-refractivity contribution in [2.75, 3.05) is 12.1 Å². The van der Waals surface area contributed by atoms with Crippen molar-refractivity contribution in [2.45, 2.75) is 32.2 Å². The maximum atomic E-state index is 12.4. The van der Waals surface area contributed by atoms with E-state index in [1.807, 2.05) is 32.0 Å². The predicted octanol–water partition coefficient (Wildman–Crippen LogP) is 1.96. The van der Waals surface area contributed by atoms with Gasteiger partial charge in [-0.3, -0.25) is 19.4 Å². The van der Waals surface area contributed by atoms with E-state index in [0.29, 0.717) is 22.9 Å². The van der Waals surface area contributed by atoms with Gasteiger partial charge in [0.2, 0.25) is 12.7 Å². The van der Waals surface area contributed by atoms with Gasteiger partial charge in [-0.1, -0.05) is 6.07 Å². The lowest BCUT2D eigenvalue weighted by molar-refractivity contribution is -0.116. The standard InChI is InChI=1S/C16H17N3O4/c1-8(2)19-15-14(16(21)18-19)10(6-13(20)17-15)9-3-4-11-12(5-9)23-7-22-11/h3-5,8,10H,6-7H2,1-2H3,(H,17,20)(H,18,21)/t10-/m0/s1. The first-order valence-electron chi connectivity index (χ1n) is 7.58. The van der Waals surface area contributed by atoms with Crippen LogP contribution in [0.3, 0.4) is 0 Å². The van der Waals surface area contributed by atoms with Gasteiger partial charge in [0, 0.05) is 18.4 Å². The number of ether oxygens (including phenoxy) is 2. The molecule has 23 heavy (non-hydrogen) atoms. The Morgan fingerprint density at radius 2 is 2.00 bits per heavy atom. The van der Waals surface area contributed by atoms with Crippen LogP contribution in [0.5, 0.6) is 11.5 Å². The van der Waals surface area contributed by atoms with Gasteiger partial charge in [-0.25, -0.2) is 0 Å². The van der Waals surface area contributed by atoms with Crippen molar-refractivity contribution in [3.8, 4) is 11.5 Å². The first-order chi connectivity index (χ1) is 11.0. The Morgan fingerprint density at radius 1 is 1.22 bits per heavy atom. The second kappa shape index (κ2) is 4.91. The van der Waals surface area contributed by atoms with Gasteiger partial charge in [-0.05, 0) is 31.5 Å². The molecule has 0 fully saturated rings. The number of hydrogen-bond acceptors (Lipinski definition) is 4. The molecule has 0 saturated heterocycles. The zero-order valence-electron chi connectivity index (χ0n) is 12.9. The Hall–Kier alpha value is -2.70. The minimum atomic E-state index is -0.294. The summed E-state index contributed by atoms with van der Waals surface area (Å²) in [5.41, 5.74) is 1.30. The summed E-state index contributed by atoms with van der Waals surface area (Å²) in [5.74, 6) is 1.49. The molecular formula is C16H17N3O4. The van der Waals surface area contributed by atoms with E-state index in [1.54, 1.807) is 4.68 Å². The second-order valence-electron chi connectivity index (χ2n) is 6.08. The highest BCUT2D eigenvalue weighted by molar-refractivity contribution is 5.94. The van der Waals surface area contributed by atoms with Gasteiger partial charge in [0.25, 0.3) is 5.56 Å². The normalized spacial score (nSPS) is 18.9. The number of carbonyl (C=O) groups excluding carboxylic acids is 1. The second-order valence-corrected chi connectivity index (χ2v) is 6.08. The smallest absolute Gasteiger partial charge is 0.270 e. The average molecular weight is 315 g/mol. The maximum absolute atomic E-state index is 12.4. The minimum absolute atomic E-state index is 0.0438. The number of hydrogen-bond donors (Lipinski definition) is 2. The Balaban J connectivity index is 1.85. The van der Waals surface area contributed by atoms with Crippen LogP contribution in [0.4, 0.5) is 5.82 Å². The van der Waals surface area contributed by atoms with Crippen LogP contribution in [0.15, 0.2) is 23.0 Å². The largest absolute Gasteiger partial charge is 0.454 e. The highest BCUT2D eigenvalue weighted by Crippen LogP contribution is 2.40. The molecule has 1 atom stereocenters. The summed E-state index contributed by atoms with van der Waals surface area (Å²) >= 11 is 0. The lowest BCUT2D eigenvalue weighted by Gasteiger charge is -2.24. The topological polar surface area (TPSA) is 85.4 Å². The highest BCUT2D eigenvalue weighted by Gasteiger charge is 2.33. The molecule has 0 spiro atoms. The van der Waals surface area contributed by atoms with Crippen LogP contribution in [0.2, 0.25) is 0 Å². The molecule has 0 aliphatic carbocycles. The number of aromatic nitrogens is 2. The van der Waals surface area contributed by atoms with E-state index in [0.717, 1.165) is 5.56 Å². The molecule has 1 aromatic carbocycles. The summed E-state index contributed by atoms with van der Waals surface area (Å²) in [4.78, 5) is 24.6. The average Bonchev–Trinajstić information content (AvgIpc) is 3.10. The molecule has 4 rings (SSSR count). The van der Waals surface area contributed by atoms with Crippen molar-refractivity contribution >= 4 is 11.7 Å². The van der Waals surface area contributed by atoms with Crippen molar-refractivity contribution in [1.82, 2.24) is 9.78 Å². The number of fused-ring (bicyclic) bond motifs is 2. The van der Waals surface area contributed by atoms with E-state index in [9.17, 15) is 9.59 Å². The van der Waals surface area contributed by atoms with Gasteiger partial charge < -0.3 is 14.8 Å². The number of carbonyl (C=O) groups is 1. The number of amides is 1. The van der Waals surface area contributed by atoms with E-state index in [-0.39, 0.29) is 36.6 Å². The Labute approximate surface area is 132 Å². The molecule has 0 radical (unpaired) electrons. The monoisotopic (exact) mass is 315 g/mol. The molecule has 1 amide bonds. The summed E-state index contributed by atoms with van der Waals surface area (Å²) in [7, 11) is 0. The van der Waals surface area contributed by atoms with Crippen molar-refractivity contribution in [1.29, 1.82) is 0 Å². The fraction of sp³-hybridized carbons (Fsp3) is 0.375. The van der Waals surface area contributed by atoms with E-state index < -0.39 is 0 Å². The molecular weight excluding hydrogens is 298 g/mol. The summed E-state index contributed by atoms with van der Waals surface area (Å²) in [5, 5.41) is 5.64. The van der Waals surface area contributed by atoms with Gasteiger partial charge in [0.05, 0.1) is 5.56 Å². The molecule has 2 aromatic rings. The van der Waals surface area contributed by atoms with Crippen LogP contribution in [0.25, 0.3) is 0 Å². The van der Waals surface area contributed by atoms with Crippen molar-refractivity contribution in [3.63, 3.8) is 0 Å². The van der Waals surface area contributed by atoms with Crippen LogP contribution in [0, 0.1) is 0 Å². The number of anilines is 1. The molecule has 7 heteroatoms. The van der Waals surface area contributed by atoms with Gasteiger partial charge >= 0.3 is 0 Å². The number of nitrogens with one attached hydrogen (secondary N) is 2. The lowest BCUT2D eigenvalue weighted by atomic mass is 9.87. The van der Waals surface area contributed by atoms with Crippen LogP contribution in [-0.2, 0) is 4.79 Å². The highest BCUT2D eigenvalue weighted by atomic mass is 16.7.